The lowest BCUT2D eigenvalue weighted by Gasteiger charge is -2.57. The summed E-state index contributed by atoms with van der Waals surface area (Å²) in [5.41, 5.74) is 4.11. The van der Waals surface area contributed by atoms with Crippen LogP contribution in [0.3, 0.4) is 0 Å². The van der Waals surface area contributed by atoms with Crippen molar-refractivity contribution in [3.8, 4) is 0 Å². The van der Waals surface area contributed by atoms with E-state index >= 15 is 0 Å². The smallest absolute Gasteiger partial charge is 0.0129 e. The number of allylic oxidation sites excluding steroid dienone is 2. The monoisotopic (exact) mass is 205 g/mol. The zero-order chi connectivity index (χ0) is 10.6. The minimum atomic E-state index is 0.638. The number of piperidine rings is 1. The largest absolute Gasteiger partial charge is 0.303 e. The molecule has 0 aromatic heterocycles. The molecule has 1 heterocycles. The average molecular weight is 205 g/mol. The lowest BCUT2D eigenvalue weighted by Crippen LogP contribution is -2.57. The molecule has 3 unspecified atom stereocenters. The molecule has 0 N–H and O–H groups in total. The Bertz CT molecular complexity index is 317. The first kappa shape index (κ1) is 9.89. The van der Waals surface area contributed by atoms with E-state index in [-0.39, 0.29) is 0 Å². The summed E-state index contributed by atoms with van der Waals surface area (Å²) in [4.78, 5) is 2.61. The first-order chi connectivity index (χ1) is 7.15. The van der Waals surface area contributed by atoms with Gasteiger partial charge in [-0.3, -0.25) is 0 Å². The molecule has 0 aromatic rings. The molecule has 3 rings (SSSR count). The molecule has 1 heteroatoms. The van der Waals surface area contributed by atoms with Gasteiger partial charge in [0.05, 0.1) is 0 Å². The van der Waals surface area contributed by atoms with Crippen molar-refractivity contribution in [1.82, 2.24) is 4.90 Å². The summed E-state index contributed by atoms with van der Waals surface area (Å²) in [5, 5.41) is 0. The molecule has 2 fully saturated rings. The Kier molecular flexibility index (Phi) is 2.04. The standard InChI is InChI=1S/C14H23N/c1-10-6-7-14(11(10)2)8-9-15(3)13-5-4-12(13)14/h12-13H,4-9H2,1-3H3. The first-order valence-corrected chi connectivity index (χ1v) is 6.52. The summed E-state index contributed by atoms with van der Waals surface area (Å²) >= 11 is 0. The van der Waals surface area contributed by atoms with Gasteiger partial charge in [-0.25, -0.2) is 0 Å². The highest BCUT2D eigenvalue weighted by atomic mass is 15.2. The van der Waals surface area contributed by atoms with Crippen LogP contribution < -0.4 is 0 Å². The molecule has 1 aliphatic heterocycles. The first-order valence-electron chi connectivity index (χ1n) is 6.52. The fourth-order valence-electron chi connectivity index (χ4n) is 4.37. The second-order valence-electron chi connectivity index (χ2n) is 6.04. The molecule has 0 aromatic carbocycles. The topological polar surface area (TPSA) is 3.24 Å². The minimum Gasteiger partial charge on any atom is -0.303 e. The molecular weight excluding hydrogens is 182 g/mol. The SMILES string of the molecule is CC1=C(C)C2(CC1)CCN(C)C1CCC12. The van der Waals surface area contributed by atoms with Gasteiger partial charge in [-0.2, -0.15) is 0 Å². The van der Waals surface area contributed by atoms with E-state index in [2.05, 4.69) is 25.8 Å². The second kappa shape index (κ2) is 3.10. The van der Waals surface area contributed by atoms with Crippen LogP contribution in [-0.2, 0) is 0 Å². The highest BCUT2D eigenvalue weighted by Crippen LogP contribution is 2.59. The van der Waals surface area contributed by atoms with Crippen LogP contribution in [0.25, 0.3) is 0 Å². The lowest BCUT2D eigenvalue weighted by atomic mass is 9.55. The van der Waals surface area contributed by atoms with Crippen LogP contribution in [0, 0.1) is 11.3 Å². The summed E-state index contributed by atoms with van der Waals surface area (Å²) in [6, 6.07) is 0.916. The average Bonchev–Trinajstić information content (AvgIpc) is 2.41. The molecule has 1 spiro atoms. The van der Waals surface area contributed by atoms with Crippen LogP contribution in [0.5, 0.6) is 0 Å². The summed E-state index contributed by atoms with van der Waals surface area (Å²) in [6.07, 6.45) is 7.20. The summed E-state index contributed by atoms with van der Waals surface area (Å²) in [5.74, 6) is 0.994. The van der Waals surface area contributed by atoms with Gasteiger partial charge >= 0.3 is 0 Å². The molecule has 2 aliphatic carbocycles. The molecule has 3 atom stereocenters. The highest BCUT2D eigenvalue weighted by Gasteiger charge is 2.54. The Balaban J connectivity index is 1.94. The van der Waals surface area contributed by atoms with E-state index in [9.17, 15) is 0 Å². The van der Waals surface area contributed by atoms with Crippen LogP contribution in [0.1, 0.15) is 46.0 Å². The number of rotatable bonds is 0. The van der Waals surface area contributed by atoms with E-state index in [1.165, 1.54) is 38.6 Å². The number of hydrogen-bond donors (Lipinski definition) is 0. The second-order valence-corrected chi connectivity index (χ2v) is 6.04. The molecule has 0 radical (unpaired) electrons. The Morgan fingerprint density at radius 1 is 1.20 bits per heavy atom. The van der Waals surface area contributed by atoms with Crippen molar-refractivity contribution in [1.29, 1.82) is 0 Å². The lowest BCUT2D eigenvalue weighted by molar-refractivity contribution is -0.0480. The Morgan fingerprint density at radius 3 is 2.53 bits per heavy atom. The van der Waals surface area contributed by atoms with Gasteiger partial charge in [-0.15, -0.1) is 0 Å². The molecule has 0 bridgehead atoms. The minimum absolute atomic E-state index is 0.638. The van der Waals surface area contributed by atoms with Gasteiger partial charge in [0.1, 0.15) is 0 Å². The zero-order valence-electron chi connectivity index (χ0n) is 10.3. The third kappa shape index (κ3) is 1.13. The van der Waals surface area contributed by atoms with Gasteiger partial charge in [0, 0.05) is 6.04 Å². The van der Waals surface area contributed by atoms with E-state index in [0.717, 1.165) is 12.0 Å². The van der Waals surface area contributed by atoms with Crippen molar-refractivity contribution < 1.29 is 0 Å². The van der Waals surface area contributed by atoms with Crippen molar-refractivity contribution >= 4 is 0 Å². The van der Waals surface area contributed by atoms with Crippen LogP contribution >= 0.6 is 0 Å². The van der Waals surface area contributed by atoms with Gasteiger partial charge in [-0.1, -0.05) is 11.1 Å². The van der Waals surface area contributed by atoms with Crippen molar-refractivity contribution in [2.75, 3.05) is 13.6 Å². The maximum absolute atomic E-state index is 2.61. The fraction of sp³-hybridized carbons (Fsp3) is 0.857. The molecule has 1 saturated heterocycles. The summed E-state index contributed by atoms with van der Waals surface area (Å²) in [7, 11) is 2.32. The van der Waals surface area contributed by atoms with Crippen LogP contribution in [0.4, 0.5) is 0 Å². The van der Waals surface area contributed by atoms with Crippen molar-refractivity contribution in [2.45, 2.75) is 52.0 Å². The van der Waals surface area contributed by atoms with Crippen LogP contribution in [-0.4, -0.2) is 24.5 Å². The van der Waals surface area contributed by atoms with Crippen molar-refractivity contribution in [2.24, 2.45) is 11.3 Å². The van der Waals surface area contributed by atoms with E-state index in [4.69, 9.17) is 0 Å². The normalized spacial score (nSPS) is 45.8. The molecule has 84 valence electrons. The van der Waals surface area contributed by atoms with Gasteiger partial charge < -0.3 is 4.90 Å². The van der Waals surface area contributed by atoms with Gasteiger partial charge in [0.25, 0.3) is 0 Å². The Hall–Kier alpha value is -0.300. The predicted octanol–water partition coefficient (Wildman–Crippen LogP) is 3.22. The van der Waals surface area contributed by atoms with Crippen molar-refractivity contribution in [3.05, 3.63) is 11.1 Å². The summed E-state index contributed by atoms with van der Waals surface area (Å²) < 4.78 is 0. The van der Waals surface area contributed by atoms with Gasteiger partial charge in [0.15, 0.2) is 0 Å². The third-order valence-corrected chi connectivity index (χ3v) is 5.76. The highest BCUT2D eigenvalue weighted by molar-refractivity contribution is 5.29. The predicted molar refractivity (Wildman–Crippen MR) is 63.8 cm³/mol. The van der Waals surface area contributed by atoms with Gasteiger partial charge in [-0.05, 0) is 70.9 Å². The number of fused-ring (bicyclic) bond motifs is 2. The van der Waals surface area contributed by atoms with Crippen LogP contribution in [0.15, 0.2) is 11.1 Å². The molecule has 1 saturated carbocycles. The van der Waals surface area contributed by atoms with E-state index in [1.807, 2.05) is 0 Å². The molecule has 1 nitrogen and oxygen atoms in total. The quantitative estimate of drug-likeness (QED) is 0.549. The van der Waals surface area contributed by atoms with Crippen LogP contribution in [0.2, 0.25) is 0 Å². The zero-order valence-corrected chi connectivity index (χ0v) is 10.3. The number of likely N-dealkylation sites (tertiary alicyclic amines) is 1. The molecule has 3 aliphatic rings. The Morgan fingerprint density at radius 2 is 2.00 bits per heavy atom. The third-order valence-electron chi connectivity index (χ3n) is 5.76. The van der Waals surface area contributed by atoms with Gasteiger partial charge in [0.2, 0.25) is 0 Å². The van der Waals surface area contributed by atoms with E-state index < -0.39 is 0 Å². The maximum atomic E-state index is 2.61. The molecule has 0 amide bonds. The van der Waals surface area contributed by atoms with E-state index in [1.54, 1.807) is 11.1 Å². The Labute approximate surface area is 93.5 Å². The summed E-state index contributed by atoms with van der Waals surface area (Å²) in [6.45, 7) is 6.10. The van der Waals surface area contributed by atoms with Crippen molar-refractivity contribution in [3.63, 3.8) is 0 Å². The fourth-order valence-corrected chi connectivity index (χ4v) is 4.37. The van der Waals surface area contributed by atoms with E-state index in [0.29, 0.717) is 5.41 Å². The molecular formula is C14H23N. The number of hydrogen-bond acceptors (Lipinski definition) is 1. The molecule has 15 heavy (non-hydrogen) atoms. The number of nitrogens with zero attached hydrogens (tertiary/aromatic N) is 1. The maximum Gasteiger partial charge on any atom is 0.0129 e.